The van der Waals surface area contributed by atoms with Crippen LogP contribution in [0.15, 0.2) is 24.3 Å². The fraction of sp³-hybridized carbons (Fsp3) is 0.611. The first kappa shape index (κ1) is 17.8. The highest BCUT2D eigenvalue weighted by molar-refractivity contribution is 5.73. The second-order valence-corrected chi connectivity index (χ2v) is 6.85. The highest BCUT2D eigenvalue weighted by Gasteiger charge is 2.27. The van der Waals surface area contributed by atoms with Crippen LogP contribution < -0.4 is 5.32 Å². The SMILES string of the molecule is CN(C)Cc1ccc(CNC(=O)N(C)CC2CCCC2O)cc1. The molecule has 2 atom stereocenters. The number of urea groups is 1. The van der Waals surface area contributed by atoms with Crippen molar-refractivity contribution in [2.75, 3.05) is 27.7 Å². The normalized spacial score (nSPS) is 20.7. The second-order valence-electron chi connectivity index (χ2n) is 6.85. The summed E-state index contributed by atoms with van der Waals surface area (Å²) in [4.78, 5) is 16.0. The Morgan fingerprint density at radius 3 is 2.39 bits per heavy atom. The number of nitrogens with one attached hydrogen (secondary N) is 1. The van der Waals surface area contributed by atoms with Gasteiger partial charge in [0.1, 0.15) is 0 Å². The van der Waals surface area contributed by atoms with Crippen LogP contribution in [-0.4, -0.2) is 54.7 Å². The van der Waals surface area contributed by atoms with Gasteiger partial charge in [-0.3, -0.25) is 0 Å². The van der Waals surface area contributed by atoms with Gasteiger partial charge in [-0.05, 0) is 38.1 Å². The largest absolute Gasteiger partial charge is 0.393 e. The van der Waals surface area contributed by atoms with E-state index in [0.717, 1.165) is 31.4 Å². The third-order valence-electron chi connectivity index (χ3n) is 4.44. The molecule has 2 amide bonds. The molecule has 0 radical (unpaired) electrons. The maximum Gasteiger partial charge on any atom is 0.317 e. The lowest BCUT2D eigenvalue weighted by molar-refractivity contribution is 0.114. The number of carbonyl (C=O) groups is 1. The van der Waals surface area contributed by atoms with E-state index in [0.29, 0.717) is 13.1 Å². The highest BCUT2D eigenvalue weighted by atomic mass is 16.3. The molecule has 0 saturated heterocycles. The molecule has 23 heavy (non-hydrogen) atoms. The van der Waals surface area contributed by atoms with Crippen LogP contribution in [0.2, 0.25) is 0 Å². The standard InChI is InChI=1S/C18H29N3O2/c1-20(2)12-15-9-7-14(8-10-15)11-19-18(23)21(3)13-16-5-4-6-17(16)22/h7-10,16-17,22H,4-6,11-13H2,1-3H3,(H,19,23). The molecule has 0 aliphatic heterocycles. The van der Waals surface area contributed by atoms with Crippen LogP contribution in [0.4, 0.5) is 4.79 Å². The maximum atomic E-state index is 12.1. The molecule has 1 aromatic rings. The van der Waals surface area contributed by atoms with Gasteiger partial charge in [0.25, 0.3) is 0 Å². The van der Waals surface area contributed by atoms with Crippen molar-refractivity contribution < 1.29 is 9.90 Å². The molecule has 2 N–H and O–H groups in total. The van der Waals surface area contributed by atoms with Gasteiger partial charge in [0, 0.05) is 32.6 Å². The lowest BCUT2D eigenvalue weighted by Gasteiger charge is -2.23. The number of rotatable bonds is 6. The summed E-state index contributed by atoms with van der Waals surface area (Å²) in [6, 6.07) is 8.22. The molecule has 1 aliphatic carbocycles. The first-order valence-corrected chi connectivity index (χ1v) is 8.35. The minimum absolute atomic E-state index is 0.0820. The van der Waals surface area contributed by atoms with Gasteiger partial charge in [-0.2, -0.15) is 0 Å². The van der Waals surface area contributed by atoms with Crippen molar-refractivity contribution in [1.29, 1.82) is 0 Å². The summed E-state index contributed by atoms with van der Waals surface area (Å²) in [7, 11) is 5.89. The Balaban J connectivity index is 1.77. The summed E-state index contributed by atoms with van der Waals surface area (Å²) >= 11 is 0. The maximum absolute atomic E-state index is 12.1. The number of nitrogens with zero attached hydrogens (tertiary/aromatic N) is 2. The van der Waals surface area contributed by atoms with Crippen molar-refractivity contribution in [1.82, 2.24) is 15.1 Å². The summed E-state index contributed by atoms with van der Waals surface area (Å²) in [5.74, 6) is 0.219. The molecule has 0 bridgehead atoms. The number of aliphatic hydroxyl groups excluding tert-OH is 1. The zero-order valence-corrected chi connectivity index (χ0v) is 14.5. The Morgan fingerprint density at radius 2 is 1.83 bits per heavy atom. The lowest BCUT2D eigenvalue weighted by Crippen LogP contribution is -2.40. The molecule has 0 aromatic heterocycles. The van der Waals surface area contributed by atoms with E-state index in [-0.39, 0.29) is 18.1 Å². The number of hydrogen-bond acceptors (Lipinski definition) is 3. The Hall–Kier alpha value is -1.59. The molecule has 1 saturated carbocycles. The second kappa shape index (κ2) is 8.31. The van der Waals surface area contributed by atoms with Gasteiger partial charge in [0.05, 0.1) is 6.10 Å². The zero-order chi connectivity index (χ0) is 16.8. The Bertz CT molecular complexity index is 501. The van der Waals surface area contributed by atoms with Crippen molar-refractivity contribution in [3.8, 4) is 0 Å². The van der Waals surface area contributed by atoms with Gasteiger partial charge in [-0.1, -0.05) is 30.7 Å². The molecule has 1 aliphatic rings. The molecule has 2 rings (SSSR count). The van der Waals surface area contributed by atoms with Crippen LogP contribution in [0.3, 0.4) is 0 Å². The molecular weight excluding hydrogens is 290 g/mol. The number of aliphatic hydroxyl groups is 1. The number of hydrogen-bond donors (Lipinski definition) is 2. The van der Waals surface area contributed by atoms with Crippen LogP contribution in [0.5, 0.6) is 0 Å². The number of amides is 2. The Labute approximate surface area is 139 Å². The predicted molar refractivity (Wildman–Crippen MR) is 92.0 cm³/mol. The van der Waals surface area contributed by atoms with Crippen molar-refractivity contribution in [2.45, 2.75) is 38.5 Å². The van der Waals surface area contributed by atoms with E-state index < -0.39 is 0 Å². The van der Waals surface area contributed by atoms with Crippen LogP contribution in [-0.2, 0) is 13.1 Å². The Morgan fingerprint density at radius 1 is 1.17 bits per heavy atom. The van der Waals surface area contributed by atoms with Crippen LogP contribution in [0.25, 0.3) is 0 Å². The first-order chi connectivity index (χ1) is 11.0. The summed E-state index contributed by atoms with van der Waals surface area (Å²) < 4.78 is 0. The van der Waals surface area contributed by atoms with Gasteiger partial charge < -0.3 is 20.2 Å². The van der Waals surface area contributed by atoms with Crippen LogP contribution in [0.1, 0.15) is 30.4 Å². The van der Waals surface area contributed by atoms with Crippen LogP contribution in [0, 0.1) is 5.92 Å². The lowest BCUT2D eigenvalue weighted by atomic mass is 10.1. The van der Waals surface area contributed by atoms with E-state index in [9.17, 15) is 9.90 Å². The first-order valence-electron chi connectivity index (χ1n) is 8.35. The molecule has 0 heterocycles. The smallest absolute Gasteiger partial charge is 0.317 e. The van der Waals surface area contributed by atoms with Crippen molar-refractivity contribution in [2.24, 2.45) is 5.92 Å². The molecule has 1 fully saturated rings. The molecule has 2 unspecified atom stereocenters. The zero-order valence-electron chi connectivity index (χ0n) is 14.5. The predicted octanol–water partition coefficient (Wildman–Crippen LogP) is 2.05. The molecular formula is C18H29N3O2. The minimum Gasteiger partial charge on any atom is -0.393 e. The van der Waals surface area contributed by atoms with Crippen molar-refractivity contribution >= 4 is 6.03 Å². The van der Waals surface area contributed by atoms with E-state index >= 15 is 0 Å². The van der Waals surface area contributed by atoms with Gasteiger partial charge in [-0.25, -0.2) is 4.79 Å². The van der Waals surface area contributed by atoms with Gasteiger partial charge >= 0.3 is 6.03 Å². The third-order valence-corrected chi connectivity index (χ3v) is 4.44. The van der Waals surface area contributed by atoms with E-state index in [2.05, 4.69) is 34.5 Å². The third kappa shape index (κ3) is 5.52. The van der Waals surface area contributed by atoms with E-state index in [4.69, 9.17) is 0 Å². The summed E-state index contributed by atoms with van der Waals surface area (Å²) in [5.41, 5.74) is 2.35. The van der Waals surface area contributed by atoms with Gasteiger partial charge in [0.15, 0.2) is 0 Å². The van der Waals surface area contributed by atoms with Crippen molar-refractivity contribution in [3.63, 3.8) is 0 Å². The minimum atomic E-state index is -0.255. The molecule has 0 spiro atoms. The van der Waals surface area contributed by atoms with E-state index in [1.807, 2.05) is 14.1 Å². The topological polar surface area (TPSA) is 55.8 Å². The van der Waals surface area contributed by atoms with Crippen LogP contribution >= 0.6 is 0 Å². The Kier molecular flexibility index (Phi) is 6.42. The van der Waals surface area contributed by atoms with Gasteiger partial charge in [-0.15, -0.1) is 0 Å². The summed E-state index contributed by atoms with van der Waals surface area (Å²) in [5, 5.41) is 12.8. The average molecular weight is 319 g/mol. The summed E-state index contributed by atoms with van der Waals surface area (Å²) in [6.45, 7) is 2.06. The number of benzene rings is 1. The summed E-state index contributed by atoms with van der Waals surface area (Å²) in [6.07, 6.45) is 2.67. The molecule has 128 valence electrons. The number of carbonyl (C=O) groups excluding carboxylic acids is 1. The molecule has 5 heteroatoms. The quantitative estimate of drug-likeness (QED) is 0.844. The average Bonchev–Trinajstić information content (AvgIpc) is 2.91. The fourth-order valence-corrected chi connectivity index (χ4v) is 3.11. The monoisotopic (exact) mass is 319 g/mol. The molecule has 1 aromatic carbocycles. The van der Waals surface area contributed by atoms with E-state index in [1.165, 1.54) is 5.56 Å². The van der Waals surface area contributed by atoms with Gasteiger partial charge in [0.2, 0.25) is 0 Å². The highest BCUT2D eigenvalue weighted by Crippen LogP contribution is 2.25. The molecule has 5 nitrogen and oxygen atoms in total. The fourth-order valence-electron chi connectivity index (χ4n) is 3.11. The van der Waals surface area contributed by atoms with E-state index in [1.54, 1.807) is 11.9 Å². The van der Waals surface area contributed by atoms with Crippen molar-refractivity contribution in [3.05, 3.63) is 35.4 Å².